The Morgan fingerprint density at radius 2 is 2.31 bits per heavy atom. The van der Waals surface area contributed by atoms with Crippen LogP contribution in [-0.2, 0) is 16.8 Å². The molecule has 0 bridgehead atoms. The van der Waals surface area contributed by atoms with Gasteiger partial charge in [0, 0.05) is 24.0 Å². The van der Waals surface area contributed by atoms with Gasteiger partial charge in [-0.2, -0.15) is 13.1 Å². The van der Waals surface area contributed by atoms with Crippen LogP contribution in [0.5, 0.6) is 0 Å². The van der Waals surface area contributed by atoms with Gasteiger partial charge < -0.3 is 5.11 Å². The fourth-order valence-corrected chi connectivity index (χ4v) is 2.30. The van der Waals surface area contributed by atoms with Crippen molar-refractivity contribution in [2.75, 3.05) is 13.7 Å². The standard InChI is InChI=1S/C9H12N2O3S2/c1-10-16(13,14)11-7-9-8(3-2-5-12)4-6-15-9/h4,6,10-12H,5,7H2,1H3. The van der Waals surface area contributed by atoms with Gasteiger partial charge in [0.05, 0.1) is 0 Å². The van der Waals surface area contributed by atoms with E-state index in [-0.39, 0.29) is 13.2 Å². The lowest BCUT2D eigenvalue weighted by molar-refractivity contribution is 0.350. The van der Waals surface area contributed by atoms with E-state index in [1.54, 1.807) is 6.07 Å². The number of aliphatic hydroxyl groups is 1. The molecule has 0 fully saturated rings. The maximum Gasteiger partial charge on any atom is 0.276 e. The van der Waals surface area contributed by atoms with E-state index in [4.69, 9.17) is 5.11 Å². The summed E-state index contributed by atoms with van der Waals surface area (Å²) >= 11 is 1.41. The van der Waals surface area contributed by atoms with Gasteiger partial charge in [-0.05, 0) is 11.4 Å². The van der Waals surface area contributed by atoms with Gasteiger partial charge in [-0.3, -0.25) is 0 Å². The van der Waals surface area contributed by atoms with Crippen molar-refractivity contribution in [3.63, 3.8) is 0 Å². The minimum absolute atomic E-state index is 0.191. The normalized spacial score (nSPS) is 10.9. The van der Waals surface area contributed by atoms with Gasteiger partial charge in [0.15, 0.2) is 0 Å². The molecule has 16 heavy (non-hydrogen) atoms. The summed E-state index contributed by atoms with van der Waals surface area (Å²) in [5.74, 6) is 5.27. The third-order valence-electron chi connectivity index (χ3n) is 1.74. The zero-order chi connectivity index (χ0) is 12.0. The minimum Gasteiger partial charge on any atom is -0.384 e. The Labute approximate surface area is 98.7 Å². The lowest BCUT2D eigenvalue weighted by Gasteiger charge is -2.03. The largest absolute Gasteiger partial charge is 0.384 e. The molecule has 0 amide bonds. The first kappa shape index (κ1) is 13.2. The minimum atomic E-state index is -3.42. The Kier molecular flexibility index (Phi) is 4.92. The van der Waals surface area contributed by atoms with Crippen LogP contribution in [0.4, 0.5) is 0 Å². The van der Waals surface area contributed by atoms with Crippen LogP contribution in [0.25, 0.3) is 0 Å². The number of hydrogen-bond acceptors (Lipinski definition) is 4. The number of aliphatic hydroxyl groups excluding tert-OH is 1. The fraction of sp³-hybridized carbons (Fsp3) is 0.333. The average Bonchev–Trinajstić information content (AvgIpc) is 2.71. The van der Waals surface area contributed by atoms with Gasteiger partial charge in [0.25, 0.3) is 10.2 Å². The van der Waals surface area contributed by atoms with Crippen LogP contribution in [0.15, 0.2) is 11.4 Å². The van der Waals surface area contributed by atoms with Gasteiger partial charge in [0.2, 0.25) is 0 Å². The summed E-state index contributed by atoms with van der Waals surface area (Å²) in [6.45, 7) is -0.0200. The van der Waals surface area contributed by atoms with Gasteiger partial charge in [0.1, 0.15) is 6.61 Å². The van der Waals surface area contributed by atoms with Crippen molar-refractivity contribution in [3.05, 3.63) is 21.9 Å². The third-order valence-corrected chi connectivity index (χ3v) is 3.72. The second-order valence-electron chi connectivity index (χ2n) is 2.75. The fourth-order valence-electron chi connectivity index (χ4n) is 0.956. The first-order valence-corrected chi connectivity index (χ1v) is 6.79. The second-order valence-corrected chi connectivity index (χ2v) is 5.45. The molecular weight excluding hydrogens is 248 g/mol. The molecule has 0 aliphatic carbocycles. The highest BCUT2D eigenvalue weighted by Crippen LogP contribution is 2.15. The summed E-state index contributed by atoms with van der Waals surface area (Å²) in [7, 11) is -2.09. The van der Waals surface area contributed by atoms with Gasteiger partial charge in [-0.1, -0.05) is 11.8 Å². The highest BCUT2D eigenvalue weighted by molar-refractivity contribution is 7.87. The van der Waals surface area contributed by atoms with E-state index in [0.717, 1.165) is 10.4 Å². The van der Waals surface area contributed by atoms with Crippen LogP contribution in [0.2, 0.25) is 0 Å². The molecular formula is C9H12N2O3S2. The number of thiophene rings is 1. The summed E-state index contributed by atoms with van der Waals surface area (Å²) in [6.07, 6.45) is 0. The van der Waals surface area contributed by atoms with Crippen LogP contribution >= 0.6 is 11.3 Å². The lowest BCUT2D eigenvalue weighted by atomic mass is 10.2. The molecule has 88 valence electrons. The summed E-state index contributed by atoms with van der Waals surface area (Å²) in [6, 6.07) is 1.79. The highest BCUT2D eigenvalue weighted by atomic mass is 32.2. The van der Waals surface area contributed by atoms with Crippen molar-refractivity contribution in [1.82, 2.24) is 9.44 Å². The maximum absolute atomic E-state index is 11.1. The van der Waals surface area contributed by atoms with Gasteiger partial charge >= 0.3 is 0 Å². The Hall–Kier alpha value is -0.910. The molecule has 3 N–H and O–H groups in total. The number of rotatable bonds is 4. The predicted molar refractivity (Wildman–Crippen MR) is 63.1 cm³/mol. The number of nitrogens with one attached hydrogen (secondary N) is 2. The van der Waals surface area contributed by atoms with Crippen molar-refractivity contribution in [2.45, 2.75) is 6.54 Å². The van der Waals surface area contributed by atoms with E-state index >= 15 is 0 Å². The van der Waals surface area contributed by atoms with E-state index in [0.29, 0.717) is 0 Å². The van der Waals surface area contributed by atoms with Crippen molar-refractivity contribution in [2.24, 2.45) is 0 Å². The molecule has 0 saturated heterocycles. The molecule has 1 rings (SSSR count). The molecule has 1 aromatic rings. The SMILES string of the molecule is CNS(=O)(=O)NCc1sccc1C#CCO. The molecule has 0 aliphatic rings. The third kappa shape index (κ3) is 3.92. The van der Waals surface area contributed by atoms with E-state index in [9.17, 15) is 8.42 Å². The first-order valence-electron chi connectivity index (χ1n) is 4.43. The molecule has 5 nitrogen and oxygen atoms in total. The highest BCUT2D eigenvalue weighted by Gasteiger charge is 2.08. The van der Waals surface area contributed by atoms with Crippen molar-refractivity contribution in [3.8, 4) is 11.8 Å². The quantitative estimate of drug-likeness (QED) is 0.647. The molecule has 1 heterocycles. The number of hydrogen-bond donors (Lipinski definition) is 3. The molecule has 0 aromatic carbocycles. The summed E-state index contributed by atoms with van der Waals surface area (Å²) in [5, 5.41) is 10.4. The van der Waals surface area contributed by atoms with Crippen LogP contribution in [-0.4, -0.2) is 27.2 Å². The van der Waals surface area contributed by atoms with E-state index in [2.05, 4.69) is 21.3 Å². The first-order chi connectivity index (χ1) is 7.59. The van der Waals surface area contributed by atoms with Crippen LogP contribution in [0, 0.1) is 11.8 Å². The van der Waals surface area contributed by atoms with E-state index in [1.807, 2.05) is 5.38 Å². The Morgan fingerprint density at radius 1 is 1.56 bits per heavy atom. The summed E-state index contributed by atoms with van der Waals surface area (Å²) < 4.78 is 26.8. The molecule has 0 aliphatic heterocycles. The van der Waals surface area contributed by atoms with Crippen LogP contribution in [0.1, 0.15) is 10.4 Å². The van der Waals surface area contributed by atoms with Crippen LogP contribution in [0.3, 0.4) is 0 Å². The van der Waals surface area contributed by atoms with Gasteiger partial charge in [-0.25, -0.2) is 4.72 Å². The van der Waals surface area contributed by atoms with Crippen molar-refractivity contribution in [1.29, 1.82) is 0 Å². The smallest absolute Gasteiger partial charge is 0.276 e. The molecule has 0 unspecified atom stereocenters. The molecule has 1 aromatic heterocycles. The Balaban J connectivity index is 2.72. The zero-order valence-corrected chi connectivity index (χ0v) is 10.3. The maximum atomic E-state index is 11.1. The lowest BCUT2D eigenvalue weighted by Crippen LogP contribution is -2.33. The molecule has 0 spiro atoms. The Morgan fingerprint density at radius 3 is 2.94 bits per heavy atom. The van der Waals surface area contributed by atoms with Crippen molar-refractivity contribution < 1.29 is 13.5 Å². The summed E-state index contributed by atoms with van der Waals surface area (Å²) in [4.78, 5) is 0.819. The van der Waals surface area contributed by atoms with E-state index < -0.39 is 10.2 Å². The second kappa shape index (κ2) is 5.98. The Bertz CT molecular complexity index is 496. The molecule has 0 saturated carbocycles. The molecule has 0 radical (unpaired) electrons. The van der Waals surface area contributed by atoms with Gasteiger partial charge in [-0.15, -0.1) is 11.3 Å². The van der Waals surface area contributed by atoms with Crippen molar-refractivity contribution >= 4 is 21.5 Å². The monoisotopic (exact) mass is 260 g/mol. The predicted octanol–water partition coefficient (Wildman–Crippen LogP) is -0.354. The average molecular weight is 260 g/mol. The molecule has 7 heteroatoms. The topological polar surface area (TPSA) is 78.4 Å². The molecule has 0 atom stereocenters. The van der Waals surface area contributed by atoms with Crippen LogP contribution < -0.4 is 9.44 Å². The zero-order valence-electron chi connectivity index (χ0n) is 8.65. The van der Waals surface area contributed by atoms with E-state index in [1.165, 1.54) is 18.4 Å². The summed E-state index contributed by atoms with van der Waals surface area (Å²) in [5.41, 5.74) is 0.734.